The molecule has 1 atom stereocenters. The maximum Gasteiger partial charge on any atom is 0.0789 e. The average Bonchev–Trinajstić information content (AvgIpc) is 3.33. The molecule has 0 saturated carbocycles. The molecular formula is C49H51NS. The summed E-state index contributed by atoms with van der Waals surface area (Å²) >= 11 is 1.83. The zero-order valence-corrected chi connectivity index (χ0v) is 31.5. The molecule has 1 aromatic heterocycles. The van der Waals surface area contributed by atoms with Gasteiger partial charge in [-0.1, -0.05) is 182 Å². The molecule has 2 heteroatoms. The quantitative estimate of drug-likeness (QED) is 0.153. The normalized spacial score (nSPS) is 17.6. The van der Waals surface area contributed by atoms with Crippen molar-refractivity contribution >= 4 is 39.7 Å². The lowest BCUT2D eigenvalue weighted by molar-refractivity contribution is 0.340. The van der Waals surface area contributed by atoms with Crippen LogP contribution in [0.1, 0.15) is 40.2 Å². The topological polar surface area (TPSA) is 3.24 Å². The Bertz CT molecular complexity index is 2080. The molecule has 0 fully saturated rings. The molecule has 0 amide bonds. The molecule has 1 unspecified atom stereocenters. The molecule has 3 aromatic rings. The molecule has 0 N–H and O–H groups in total. The van der Waals surface area contributed by atoms with E-state index in [1.54, 1.807) is 0 Å². The minimum absolute atomic E-state index is 0.309. The number of hydrogen-bond acceptors (Lipinski definition) is 2. The fourth-order valence-corrected chi connectivity index (χ4v) is 6.63. The molecule has 0 bridgehead atoms. The summed E-state index contributed by atoms with van der Waals surface area (Å²) in [5, 5.41) is 2.55. The van der Waals surface area contributed by atoms with Gasteiger partial charge >= 0.3 is 0 Å². The summed E-state index contributed by atoms with van der Waals surface area (Å²) in [6, 6.07) is 19.0. The predicted octanol–water partition coefficient (Wildman–Crippen LogP) is 12.3. The summed E-state index contributed by atoms with van der Waals surface area (Å²) in [7, 11) is 0. The third kappa shape index (κ3) is 11.8. The summed E-state index contributed by atoms with van der Waals surface area (Å²) in [5.74, 6) is 0. The Morgan fingerprint density at radius 3 is 2.06 bits per heavy atom. The van der Waals surface area contributed by atoms with Gasteiger partial charge in [0, 0.05) is 37.1 Å². The van der Waals surface area contributed by atoms with Crippen LogP contribution in [0.15, 0.2) is 206 Å². The van der Waals surface area contributed by atoms with Crippen molar-refractivity contribution in [2.24, 2.45) is 5.41 Å². The van der Waals surface area contributed by atoms with Crippen molar-refractivity contribution in [2.75, 3.05) is 0 Å². The highest BCUT2D eigenvalue weighted by Gasteiger charge is 2.26. The minimum atomic E-state index is -0.384. The Morgan fingerprint density at radius 1 is 0.667 bits per heavy atom. The maximum atomic E-state index is 2.31. The van der Waals surface area contributed by atoms with Crippen LogP contribution in [0.25, 0.3) is 28.3 Å². The molecule has 1 nitrogen and oxygen atoms in total. The van der Waals surface area contributed by atoms with Gasteiger partial charge in [-0.15, -0.1) is 11.3 Å². The first-order valence-corrected chi connectivity index (χ1v) is 18.5. The lowest BCUT2D eigenvalue weighted by Gasteiger charge is -2.37. The highest BCUT2D eigenvalue weighted by Crippen LogP contribution is 2.28. The summed E-state index contributed by atoms with van der Waals surface area (Å²) < 4.78 is 2.55. The van der Waals surface area contributed by atoms with Crippen molar-refractivity contribution in [1.29, 1.82) is 0 Å². The first-order chi connectivity index (χ1) is 24.9. The number of allylic oxidation sites excluding steroid dienone is 21. The Labute approximate surface area is 310 Å². The summed E-state index contributed by atoms with van der Waals surface area (Å²) in [6.45, 7) is 10.6. The van der Waals surface area contributed by atoms with E-state index in [0.29, 0.717) is 0 Å². The van der Waals surface area contributed by atoms with E-state index in [9.17, 15) is 0 Å². The largest absolute Gasteiger partial charge is 0.335 e. The van der Waals surface area contributed by atoms with Gasteiger partial charge in [-0.25, -0.2) is 0 Å². The van der Waals surface area contributed by atoms with Gasteiger partial charge in [0.2, 0.25) is 0 Å². The molecule has 1 aliphatic rings. The fourth-order valence-electron chi connectivity index (χ4n) is 5.52. The van der Waals surface area contributed by atoms with Gasteiger partial charge in [-0.2, -0.15) is 0 Å². The van der Waals surface area contributed by atoms with Gasteiger partial charge < -0.3 is 4.90 Å². The summed E-state index contributed by atoms with van der Waals surface area (Å²) in [4.78, 5) is 2.31. The molecule has 0 spiro atoms. The Hall–Kier alpha value is -5.44. The van der Waals surface area contributed by atoms with Gasteiger partial charge in [0.1, 0.15) is 0 Å². The van der Waals surface area contributed by atoms with Gasteiger partial charge in [-0.3, -0.25) is 0 Å². The smallest absolute Gasteiger partial charge is 0.0789 e. The number of benzene rings is 2. The van der Waals surface area contributed by atoms with Crippen molar-refractivity contribution in [3.05, 3.63) is 222 Å². The molecule has 0 aliphatic heterocycles. The number of rotatable bonds is 14. The average molecular weight is 686 g/mol. The highest BCUT2D eigenvalue weighted by molar-refractivity contribution is 7.17. The van der Waals surface area contributed by atoms with Crippen molar-refractivity contribution in [2.45, 2.75) is 40.2 Å². The predicted molar refractivity (Wildman–Crippen MR) is 229 cm³/mol. The summed E-state index contributed by atoms with van der Waals surface area (Å²) in [6.07, 6.45) is 57.9. The first kappa shape index (κ1) is 38.4. The summed E-state index contributed by atoms with van der Waals surface area (Å²) in [5.41, 5.74) is 1.54. The van der Waals surface area contributed by atoms with Crippen LogP contribution in [-0.4, -0.2) is 10.4 Å². The SMILES string of the molecule is C/C=C\C=C/C(C)(/C=C\C=C\N(C(/C=C\C=C\c1ccccc1)=C/C=C\C)C1(C)C=CC=CC=C1)/C=C/C=c1/sc2ccccc2/c1=C/C=C\C. The third-order valence-corrected chi connectivity index (χ3v) is 9.46. The molecule has 1 aliphatic carbocycles. The van der Waals surface area contributed by atoms with Crippen molar-refractivity contribution < 1.29 is 0 Å². The lowest BCUT2D eigenvalue weighted by atomic mass is 9.88. The van der Waals surface area contributed by atoms with E-state index in [4.69, 9.17) is 0 Å². The second-order valence-corrected chi connectivity index (χ2v) is 13.6. The van der Waals surface area contributed by atoms with Crippen LogP contribution in [0, 0.1) is 5.41 Å². The second kappa shape index (κ2) is 20.3. The van der Waals surface area contributed by atoms with Gasteiger partial charge in [-0.05, 0) is 70.6 Å². The number of hydrogen-bond donors (Lipinski definition) is 0. The zero-order chi connectivity index (χ0) is 36.2. The zero-order valence-electron chi connectivity index (χ0n) is 30.6. The van der Waals surface area contributed by atoms with Crippen molar-refractivity contribution in [3.8, 4) is 0 Å². The van der Waals surface area contributed by atoms with Crippen molar-refractivity contribution in [1.82, 2.24) is 4.90 Å². The van der Waals surface area contributed by atoms with E-state index < -0.39 is 0 Å². The van der Waals surface area contributed by atoms with Gasteiger partial charge in [0.25, 0.3) is 0 Å². The Morgan fingerprint density at radius 2 is 1.33 bits per heavy atom. The van der Waals surface area contributed by atoms with Crippen LogP contribution in [0.3, 0.4) is 0 Å². The van der Waals surface area contributed by atoms with E-state index in [1.165, 1.54) is 25.4 Å². The molecular weight excluding hydrogens is 635 g/mol. The maximum absolute atomic E-state index is 2.31. The lowest BCUT2D eigenvalue weighted by Crippen LogP contribution is -2.38. The monoisotopic (exact) mass is 685 g/mol. The van der Waals surface area contributed by atoms with Crippen LogP contribution in [0.4, 0.5) is 0 Å². The van der Waals surface area contributed by atoms with Gasteiger partial charge in [0.15, 0.2) is 0 Å². The highest BCUT2D eigenvalue weighted by atomic mass is 32.1. The van der Waals surface area contributed by atoms with Crippen LogP contribution in [-0.2, 0) is 0 Å². The molecule has 0 saturated heterocycles. The molecule has 0 radical (unpaired) electrons. The van der Waals surface area contributed by atoms with Crippen LogP contribution in [0.2, 0.25) is 0 Å². The van der Waals surface area contributed by atoms with Crippen molar-refractivity contribution in [3.63, 3.8) is 0 Å². The molecule has 4 rings (SSSR count). The number of nitrogens with zero attached hydrogens (tertiary/aromatic N) is 1. The van der Waals surface area contributed by atoms with Gasteiger partial charge in [0.05, 0.1) is 5.54 Å². The van der Waals surface area contributed by atoms with E-state index >= 15 is 0 Å². The minimum Gasteiger partial charge on any atom is -0.335 e. The Kier molecular flexibility index (Phi) is 15.3. The molecule has 51 heavy (non-hydrogen) atoms. The third-order valence-electron chi connectivity index (χ3n) is 8.31. The fraction of sp³-hybridized carbons (Fsp3) is 0.143. The van der Waals surface area contributed by atoms with Crippen LogP contribution >= 0.6 is 11.3 Å². The van der Waals surface area contributed by atoms with E-state index in [-0.39, 0.29) is 11.0 Å². The molecule has 1 heterocycles. The first-order valence-electron chi connectivity index (χ1n) is 17.6. The Balaban J connectivity index is 1.69. The van der Waals surface area contributed by atoms with Crippen LogP contribution in [0.5, 0.6) is 0 Å². The number of thiophene rings is 1. The second-order valence-electron chi connectivity index (χ2n) is 12.5. The van der Waals surface area contributed by atoms with Crippen LogP contribution < -0.4 is 9.75 Å². The van der Waals surface area contributed by atoms with E-state index in [0.717, 1.165) is 5.70 Å². The molecule has 258 valence electrons. The van der Waals surface area contributed by atoms with E-state index in [1.807, 2.05) is 31.3 Å². The standard InChI is InChI=1S/C49H51NS/c1-6-9-21-36-48(4,38-26-35-47-44(32-11-8-3)45-33-19-20-34-46(45)51-47)37-24-25-41-50(49(5)39-22-12-13-23-40-49)43(30-10-7-2)31-18-17-29-42-27-15-14-16-28-42/h6-41H,1-5H3/b9-6-,10-7-,11-8-,29-17+,31-18-,36-21-,37-24-,38-26+,41-25+,43-30+,44-32-,47-35+. The van der Waals surface area contributed by atoms with E-state index in [2.05, 4.69) is 238 Å². The molecule has 2 aromatic carbocycles. The number of fused-ring (bicyclic) bond motifs is 1.